The molecule has 1 aliphatic carbocycles. The van der Waals surface area contributed by atoms with E-state index in [-0.39, 0.29) is 10.8 Å². The van der Waals surface area contributed by atoms with Gasteiger partial charge in [-0.3, -0.25) is 0 Å². The highest BCUT2D eigenvalue weighted by molar-refractivity contribution is 6.33. The van der Waals surface area contributed by atoms with Crippen molar-refractivity contribution in [1.29, 1.82) is 0 Å². The van der Waals surface area contributed by atoms with Crippen LogP contribution in [0.2, 0.25) is 5.02 Å². The summed E-state index contributed by atoms with van der Waals surface area (Å²) in [6.07, 6.45) is 10.7. The second-order valence-corrected chi connectivity index (χ2v) is 9.30. The normalized spacial score (nSPS) is 15.9. The molecular formula is C30H32ClFO. The molecule has 0 amide bonds. The monoisotopic (exact) mass is 462 g/mol. The Morgan fingerprint density at radius 3 is 2.30 bits per heavy atom. The molecule has 0 bridgehead atoms. The van der Waals surface area contributed by atoms with Crippen molar-refractivity contribution in [3.63, 3.8) is 0 Å². The Labute approximate surface area is 202 Å². The van der Waals surface area contributed by atoms with Crippen LogP contribution in [0, 0.1) is 5.82 Å². The fourth-order valence-corrected chi connectivity index (χ4v) is 4.98. The molecule has 0 spiro atoms. The van der Waals surface area contributed by atoms with Crippen LogP contribution in [0.1, 0.15) is 68.1 Å². The molecule has 0 heterocycles. The predicted octanol–water partition coefficient (Wildman–Crippen LogP) is 9.24. The van der Waals surface area contributed by atoms with E-state index in [1.54, 1.807) is 12.1 Å². The molecule has 172 valence electrons. The van der Waals surface area contributed by atoms with Gasteiger partial charge < -0.3 is 4.74 Å². The van der Waals surface area contributed by atoms with Crippen LogP contribution in [0.4, 0.5) is 4.39 Å². The van der Waals surface area contributed by atoms with Crippen LogP contribution in [0.15, 0.2) is 66.7 Å². The molecular weight excluding hydrogens is 431 g/mol. The third-order valence-corrected chi connectivity index (χ3v) is 7.13. The molecule has 0 N–H and O–H groups in total. The first-order chi connectivity index (χ1) is 16.1. The van der Waals surface area contributed by atoms with Crippen LogP contribution < -0.4 is 4.74 Å². The van der Waals surface area contributed by atoms with Crippen LogP contribution in [0.25, 0.3) is 16.7 Å². The number of methoxy groups -OCH3 is 1. The van der Waals surface area contributed by atoms with Crippen molar-refractivity contribution in [3.8, 4) is 16.9 Å². The van der Waals surface area contributed by atoms with Gasteiger partial charge in [-0.05, 0) is 78.0 Å². The Balaban J connectivity index is 1.42. The molecule has 0 saturated heterocycles. The minimum absolute atomic E-state index is 0.0956. The summed E-state index contributed by atoms with van der Waals surface area (Å²) >= 11 is 6.25. The number of halogens is 2. The van der Waals surface area contributed by atoms with Crippen molar-refractivity contribution in [3.05, 3.63) is 94.3 Å². The molecule has 0 aliphatic heterocycles. The zero-order valence-corrected chi connectivity index (χ0v) is 20.3. The van der Waals surface area contributed by atoms with E-state index in [0.717, 1.165) is 24.8 Å². The van der Waals surface area contributed by atoms with Crippen molar-refractivity contribution < 1.29 is 9.13 Å². The largest absolute Gasteiger partial charge is 0.494 e. The molecule has 3 aromatic carbocycles. The van der Waals surface area contributed by atoms with E-state index in [9.17, 15) is 4.39 Å². The van der Waals surface area contributed by atoms with Crippen molar-refractivity contribution in [2.75, 3.05) is 7.11 Å². The summed E-state index contributed by atoms with van der Waals surface area (Å²) in [6.45, 7) is 2.25. The van der Waals surface area contributed by atoms with E-state index >= 15 is 0 Å². The minimum Gasteiger partial charge on any atom is -0.494 e. The van der Waals surface area contributed by atoms with Crippen molar-refractivity contribution in [1.82, 2.24) is 0 Å². The molecule has 1 unspecified atom stereocenters. The van der Waals surface area contributed by atoms with Crippen molar-refractivity contribution >= 4 is 17.2 Å². The number of rotatable bonds is 8. The number of unbranched alkanes of at least 4 members (excludes halogenated alkanes) is 2. The SMILES string of the molecule is CCCCCc1ccc(C2CC=C(c3ccc(-c4ccc(OC)c(F)c4Cl)cc3)CC2)cc1. The number of allylic oxidation sites excluding steroid dienone is 2. The van der Waals surface area contributed by atoms with Crippen LogP contribution in [-0.2, 0) is 6.42 Å². The predicted molar refractivity (Wildman–Crippen MR) is 138 cm³/mol. The third kappa shape index (κ3) is 5.50. The maximum atomic E-state index is 14.3. The molecule has 0 radical (unpaired) electrons. The first kappa shape index (κ1) is 23.6. The molecule has 0 fully saturated rings. The summed E-state index contributed by atoms with van der Waals surface area (Å²) in [5.41, 5.74) is 7.11. The summed E-state index contributed by atoms with van der Waals surface area (Å²) in [4.78, 5) is 0. The lowest BCUT2D eigenvalue weighted by molar-refractivity contribution is 0.387. The zero-order valence-electron chi connectivity index (χ0n) is 19.5. The average Bonchev–Trinajstić information content (AvgIpc) is 2.87. The summed E-state index contributed by atoms with van der Waals surface area (Å²) in [7, 11) is 1.44. The van der Waals surface area contributed by atoms with Crippen LogP contribution in [0.5, 0.6) is 5.75 Å². The summed E-state index contributed by atoms with van der Waals surface area (Å²) in [6, 6.07) is 21.0. The van der Waals surface area contributed by atoms with E-state index in [1.807, 2.05) is 12.1 Å². The number of benzene rings is 3. The van der Waals surface area contributed by atoms with E-state index < -0.39 is 5.82 Å². The van der Waals surface area contributed by atoms with E-state index in [1.165, 1.54) is 55.1 Å². The Bertz CT molecular complexity index is 1100. The summed E-state index contributed by atoms with van der Waals surface area (Å²) in [5.74, 6) is 0.239. The van der Waals surface area contributed by atoms with Crippen molar-refractivity contribution in [2.45, 2.75) is 57.8 Å². The van der Waals surface area contributed by atoms with Gasteiger partial charge in [-0.15, -0.1) is 0 Å². The number of aryl methyl sites for hydroxylation is 1. The first-order valence-electron chi connectivity index (χ1n) is 12.0. The van der Waals surface area contributed by atoms with E-state index in [4.69, 9.17) is 16.3 Å². The van der Waals surface area contributed by atoms with E-state index in [0.29, 0.717) is 11.5 Å². The first-order valence-corrected chi connectivity index (χ1v) is 12.4. The minimum atomic E-state index is -0.518. The number of ether oxygens (including phenoxy) is 1. The molecule has 3 heteroatoms. The van der Waals surface area contributed by atoms with E-state index in [2.05, 4.69) is 49.4 Å². The van der Waals surface area contributed by atoms with Gasteiger partial charge in [-0.25, -0.2) is 4.39 Å². The van der Waals surface area contributed by atoms with Gasteiger partial charge >= 0.3 is 0 Å². The number of hydrogen-bond donors (Lipinski definition) is 0. The van der Waals surface area contributed by atoms with Gasteiger partial charge in [0.15, 0.2) is 11.6 Å². The van der Waals surface area contributed by atoms with Crippen LogP contribution >= 0.6 is 11.6 Å². The Hall–Kier alpha value is -2.58. The maximum Gasteiger partial charge on any atom is 0.184 e. The van der Waals surface area contributed by atoms with Gasteiger partial charge in [0.25, 0.3) is 0 Å². The van der Waals surface area contributed by atoms with Gasteiger partial charge in [-0.2, -0.15) is 0 Å². The fraction of sp³-hybridized carbons (Fsp3) is 0.333. The lowest BCUT2D eigenvalue weighted by Crippen LogP contribution is -2.04. The van der Waals surface area contributed by atoms with Crippen LogP contribution in [0.3, 0.4) is 0 Å². The molecule has 1 atom stereocenters. The highest BCUT2D eigenvalue weighted by Gasteiger charge is 2.18. The lowest BCUT2D eigenvalue weighted by Gasteiger charge is -2.23. The third-order valence-electron chi connectivity index (χ3n) is 6.76. The Morgan fingerprint density at radius 1 is 0.939 bits per heavy atom. The van der Waals surface area contributed by atoms with Gasteiger partial charge in [0.2, 0.25) is 0 Å². The van der Waals surface area contributed by atoms with Gasteiger partial charge in [0, 0.05) is 5.56 Å². The molecule has 33 heavy (non-hydrogen) atoms. The smallest absolute Gasteiger partial charge is 0.184 e. The van der Waals surface area contributed by atoms with Gasteiger partial charge in [0.1, 0.15) is 0 Å². The molecule has 0 aromatic heterocycles. The topological polar surface area (TPSA) is 9.23 Å². The van der Waals surface area contributed by atoms with Gasteiger partial charge in [0.05, 0.1) is 12.1 Å². The maximum absolute atomic E-state index is 14.3. The molecule has 1 nitrogen and oxygen atoms in total. The molecule has 4 rings (SSSR count). The highest BCUT2D eigenvalue weighted by Crippen LogP contribution is 2.38. The zero-order chi connectivity index (χ0) is 23.2. The summed E-state index contributed by atoms with van der Waals surface area (Å²) < 4.78 is 19.3. The second kappa shape index (κ2) is 11.0. The van der Waals surface area contributed by atoms with Gasteiger partial charge in [-0.1, -0.05) is 86.0 Å². The Kier molecular flexibility index (Phi) is 7.88. The second-order valence-electron chi connectivity index (χ2n) is 8.92. The molecule has 3 aromatic rings. The van der Waals surface area contributed by atoms with Crippen molar-refractivity contribution in [2.24, 2.45) is 0 Å². The van der Waals surface area contributed by atoms with Crippen LogP contribution in [-0.4, -0.2) is 7.11 Å². The molecule has 0 saturated carbocycles. The number of hydrogen-bond acceptors (Lipinski definition) is 1. The molecule has 1 aliphatic rings. The highest BCUT2D eigenvalue weighted by atomic mass is 35.5. The quantitative estimate of drug-likeness (QED) is 0.303. The Morgan fingerprint density at radius 2 is 1.67 bits per heavy atom. The average molecular weight is 463 g/mol. The fourth-order valence-electron chi connectivity index (χ4n) is 4.71. The standard InChI is InChI=1S/C30H32ClFO/c1-3-4-5-6-21-7-9-22(10-8-21)23-11-13-24(14-12-23)25-15-17-26(18-16-25)27-19-20-28(33-2)30(32)29(27)31/h7-10,13,15-20,23H,3-6,11-12,14H2,1-2H3. The lowest BCUT2D eigenvalue weighted by atomic mass is 9.82. The summed E-state index contributed by atoms with van der Waals surface area (Å²) in [5, 5.41) is 0.0956.